The zero-order chi connectivity index (χ0) is 31.9. The van der Waals surface area contributed by atoms with E-state index in [1.807, 2.05) is 56.3 Å². The van der Waals surface area contributed by atoms with Crippen LogP contribution in [-0.4, -0.2) is 50.0 Å². The van der Waals surface area contributed by atoms with Crippen LogP contribution in [-0.2, 0) is 38.0 Å². The molecule has 3 aromatic rings. The van der Waals surface area contributed by atoms with Crippen molar-refractivity contribution in [3.8, 4) is 0 Å². The Morgan fingerprint density at radius 3 is 2.00 bits per heavy atom. The van der Waals surface area contributed by atoms with Crippen molar-refractivity contribution in [1.82, 2.24) is 10.2 Å². The van der Waals surface area contributed by atoms with Crippen molar-refractivity contribution in [1.29, 1.82) is 0 Å². The molecule has 0 radical (unpaired) electrons. The van der Waals surface area contributed by atoms with Crippen molar-refractivity contribution >= 4 is 50.7 Å². The largest absolute Gasteiger partial charge is 0.352 e. The maximum absolute atomic E-state index is 14.3. The van der Waals surface area contributed by atoms with Crippen LogP contribution in [0.2, 0.25) is 10.0 Å². The summed E-state index contributed by atoms with van der Waals surface area (Å²) in [6, 6.07) is 20.4. The van der Waals surface area contributed by atoms with Crippen LogP contribution in [0.3, 0.4) is 0 Å². The second-order valence-electron chi connectivity index (χ2n) is 11.8. The van der Waals surface area contributed by atoms with E-state index < -0.39 is 28.5 Å². The summed E-state index contributed by atoms with van der Waals surface area (Å²) in [4.78, 5) is 29.5. The summed E-state index contributed by atoms with van der Waals surface area (Å²) in [6.07, 6.45) is 1.96. The smallest absolute Gasteiger partial charge is 0.244 e. The number of carbonyl (C=O) groups is 2. The number of benzene rings is 3. The number of halogens is 2. The standard InChI is InChI=1S/C33H41Cl2N3O4S/c1-7-23(2)36-32(40)30(20-24-12-9-8-10-13-24)37(21-27-28(34)14-11-15-29(27)35)31(39)22-38(43(6,41)42)26-18-16-25(17-19-26)33(3,4)5/h8-19,23,30H,7,20-22H2,1-6H3,(H,36,40)/t23-,30+/m0/s1. The SMILES string of the molecule is CC[C@H](C)NC(=O)[C@@H](Cc1ccccc1)N(Cc1c(Cl)cccc1Cl)C(=O)CN(c1ccc(C(C)(C)C)cc1)S(C)(=O)=O. The lowest BCUT2D eigenvalue weighted by Gasteiger charge is -2.34. The first kappa shape index (κ1) is 34.4. The number of carbonyl (C=O) groups excluding carboxylic acids is 2. The van der Waals surface area contributed by atoms with Gasteiger partial charge >= 0.3 is 0 Å². The third kappa shape index (κ3) is 9.46. The number of nitrogens with one attached hydrogen (secondary N) is 1. The number of rotatable bonds is 12. The van der Waals surface area contributed by atoms with Crippen molar-refractivity contribution in [3.63, 3.8) is 0 Å². The minimum atomic E-state index is -3.88. The molecule has 0 aliphatic rings. The van der Waals surface area contributed by atoms with E-state index in [1.165, 1.54) is 4.90 Å². The highest BCUT2D eigenvalue weighted by molar-refractivity contribution is 7.92. The van der Waals surface area contributed by atoms with Crippen molar-refractivity contribution in [2.45, 2.75) is 71.5 Å². The maximum Gasteiger partial charge on any atom is 0.244 e. The van der Waals surface area contributed by atoms with Gasteiger partial charge in [-0.25, -0.2) is 8.42 Å². The molecule has 0 saturated heterocycles. The zero-order valence-electron chi connectivity index (χ0n) is 25.6. The molecule has 3 aromatic carbocycles. The van der Waals surface area contributed by atoms with Gasteiger partial charge in [-0.1, -0.05) is 99.4 Å². The first-order valence-electron chi connectivity index (χ1n) is 14.3. The fourth-order valence-corrected chi connectivity index (χ4v) is 5.96. The molecule has 1 N–H and O–H groups in total. The van der Waals surface area contributed by atoms with Gasteiger partial charge in [-0.2, -0.15) is 0 Å². The number of sulfonamides is 1. The molecule has 2 amide bonds. The molecular weight excluding hydrogens is 605 g/mol. The van der Waals surface area contributed by atoms with Gasteiger partial charge in [0.25, 0.3) is 0 Å². The Labute approximate surface area is 266 Å². The van der Waals surface area contributed by atoms with Crippen LogP contribution < -0.4 is 9.62 Å². The highest BCUT2D eigenvalue weighted by Gasteiger charge is 2.34. The van der Waals surface area contributed by atoms with Crippen LogP contribution in [0.4, 0.5) is 5.69 Å². The fourth-order valence-electron chi connectivity index (χ4n) is 4.59. The second kappa shape index (κ2) is 14.6. The Bertz CT molecular complexity index is 1490. The summed E-state index contributed by atoms with van der Waals surface area (Å²) in [7, 11) is -3.88. The average Bonchev–Trinajstić information content (AvgIpc) is 2.94. The zero-order valence-corrected chi connectivity index (χ0v) is 27.9. The Morgan fingerprint density at radius 2 is 1.49 bits per heavy atom. The normalized spacial score (nSPS) is 13.2. The van der Waals surface area contributed by atoms with Crippen molar-refractivity contribution in [3.05, 3.63) is 99.5 Å². The molecule has 0 aromatic heterocycles. The van der Waals surface area contributed by atoms with Crippen molar-refractivity contribution in [2.75, 3.05) is 17.1 Å². The lowest BCUT2D eigenvalue weighted by atomic mass is 9.87. The Hall–Kier alpha value is -3.07. The monoisotopic (exact) mass is 645 g/mol. The molecule has 232 valence electrons. The summed E-state index contributed by atoms with van der Waals surface area (Å²) < 4.78 is 27.2. The molecule has 2 atom stereocenters. The van der Waals surface area contributed by atoms with Gasteiger partial charge in [-0.3, -0.25) is 13.9 Å². The second-order valence-corrected chi connectivity index (χ2v) is 14.5. The van der Waals surface area contributed by atoms with Gasteiger partial charge < -0.3 is 10.2 Å². The lowest BCUT2D eigenvalue weighted by molar-refractivity contribution is -0.140. The summed E-state index contributed by atoms with van der Waals surface area (Å²) in [6.45, 7) is 9.43. The third-order valence-corrected chi connectivity index (χ3v) is 9.21. The molecule has 7 nitrogen and oxygen atoms in total. The van der Waals surface area contributed by atoms with E-state index in [1.54, 1.807) is 30.3 Å². The van der Waals surface area contributed by atoms with Crippen LogP contribution in [0.25, 0.3) is 0 Å². The molecule has 43 heavy (non-hydrogen) atoms. The summed E-state index contributed by atoms with van der Waals surface area (Å²) in [5, 5.41) is 3.68. The maximum atomic E-state index is 14.3. The number of anilines is 1. The van der Waals surface area contributed by atoms with Gasteiger partial charge in [-0.05, 0) is 54.2 Å². The number of hydrogen-bond acceptors (Lipinski definition) is 4. The topological polar surface area (TPSA) is 86.8 Å². The predicted octanol–water partition coefficient (Wildman–Crippen LogP) is 6.61. The van der Waals surface area contributed by atoms with Gasteiger partial charge in [0, 0.05) is 34.6 Å². The summed E-state index contributed by atoms with van der Waals surface area (Å²) >= 11 is 13.1. The van der Waals surface area contributed by atoms with Gasteiger partial charge in [0.05, 0.1) is 11.9 Å². The average molecular weight is 647 g/mol. The first-order chi connectivity index (χ1) is 20.1. The number of amides is 2. The molecule has 0 bridgehead atoms. The molecule has 0 aliphatic carbocycles. The van der Waals surface area contributed by atoms with Gasteiger partial charge in [-0.15, -0.1) is 0 Å². The lowest BCUT2D eigenvalue weighted by Crippen LogP contribution is -2.54. The molecule has 0 unspecified atom stereocenters. The molecule has 3 rings (SSSR count). The molecule has 0 spiro atoms. The van der Waals surface area contributed by atoms with E-state index in [-0.39, 0.29) is 30.3 Å². The summed E-state index contributed by atoms with van der Waals surface area (Å²) in [5.74, 6) is -0.920. The van der Waals surface area contributed by atoms with Crippen LogP contribution in [0.5, 0.6) is 0 Å². The van der Waals surface area contributed by atoms with Crippen LogP contribution in [0, 0.1) is 0 Å². The minimum absolute atomic E-state index is 0.0939. The fraction of sp³-hybridized carbons (Fsp3) is 0.394. The molecule has 0 aliphatic heterocycles. The number of hydrogen-bond donors (Lipinski definition) is 1. The third-order valence-electron chi connectivity index (χ3n) is 7.36. The van der Waals surface area contributed by atoms with Crippen molar-refractivity contribution < 1.29 is 18.0 Å². The minimum Gasteiger partial charge on any atom is -0.352 e. The molecular formula is C33H41Cl2N3O4S. The molecule has 0 heterocycles. The molecule has 0 saturated carbocycles. The highest BCUT2D eigenvalue weighted by Crippen LogP contribution is 2.29. The quantitative estimate of drug-likeness (QED) is 0.240. The highest BCUT2D eigenvalue weighted by atomic mass is 35.5. The first-order valence-corrected chi connectivity index (χ1v) is 16.9. The van der Waals surface area contributed by atoms with E-state index in [4.69, 9.17) is 23.2 Å². The van der Waals surface area contributed by atoms with E-state index in [0.29, 0.717) is 27.7 Å². The van der Waals surface area contributed by atoms with E-state index in [9.17, 15) is 18.0 Å². The van der Waals surface area contributed by atoms with Gasteiger partial charge in [0.2, 0.25) is 21.8 Å². The van der Waals surface area contributed by atoms with Crippen LogP contribution in [0.15, 0.2) is 72.8 Å². The number of nitrogens with zero attached hydrogens (tertiary/aromatic N) is 2. The summed E-state index contributed by atoms with van der Waals surface area (Å²) in [5.41, 5.74) is 2.55. The van der Waals surface area contributed by atoms with Gasteiger partial charge in [0.1, 0.15) is 12.6 Å². The van der Waals surface area contributed by atoms with E-state index in [2.05, 4.69) is 26.1 Å². The Balaban J connectivity index is 2.10. The van der Waals surface area contributed by atoms with Crippen LogP contribution in [0.1, 0.15) is 57.7 Å². The van der Waals surface area contributed by atoms with E-state index >= 15 is 0 Å². The Kier molecular flexibility index (Phi) is 11.7. The van der Waals surface area contributed by atoms with Gasteiger partial charge in [0.15, 0.2) is 0 Å². The molecule has 10 heteroatoms. The van der Waals surface area contributed by atoms with Crippen LogP contribution >= 0.6 is 23.2 Å². The van der Waals surface area contributed by atoms with E-state index in [0.717, 1.165) is 21.7 Å². The molecule has 0 fully saturated rings. The predicted molar refractivity (Wildman–Crippen MR) is 176 cm³/mol. The van der Waals surface area contributed by atoms with Crippen molar-refractivity contribution in [2.24, 2.45) is 0 Å². The Morgan fingerprint density at radius 1 is 0.907 bits per heavy atom.